The average molecular weight is 265 g/mol. The van der Waals surface area contributed by atoms with E-state index >= 15 is 0 Å². The molecule has 2 aliphatic rings. The van der Waals surface area contributed by atoms with Gasteiger partial charge in [0.1, 0.15) is 11.2 Å². The van der Waals surface area contributed by atoms with Crippen LogP contribution in [0.4, 0.5) is 5.69 Å². The first-order chi connectivity index (χ1) is 8.67. The number of nitrogens with one attached hydrogen (secondary N) is 1. The van der Waals surface area contributed by atoms with Crippen LogP contribution in [0.1, 0.15) is 12.8 Å². The number of fused-ring (bicyclic) bond motifs is 1. The summed E-state index contributed by atoms with van der Waals surface area (Å²) in [6.45, 7) is 1.80. The molecule has 0 aromatic heterocycles. The summed E-state index contributed by atoms with van der Waals surface area (Å²) in [6.07, 6.45) is 3.73. The van der Waals surface area contributed by atoms with E-state index in [0.29, 0.717) is 10.9 Å². The van der Waals surface area contributed by atoms with Gasteiger partial charge in [0.05, 0.1) is 5.69 Å². The largest absolute Gasteiger partial charge is 0.329 e. The van der Waals surface area contributed by atoms with E-state index < -0.39 is 10.0 Å². The lowest BCUT2D eigenvalue weighted by Crippen LogP contribution is -2.38. The van der Waals surface area contributed by atoms with Crippen molar-refractivity contribution in [2.24, 2.45) is 4.40 Å². The van der Waals surface area contributed by atoms with Crippen molar-refractivity contribution in [2.45, 2.75) is 23.8 Å². The van der Waals surface area contributed by atoms with Crippen LogP contribution in [0.3, 0.4) is 0 Å². The summed E-state index contributed by atoms with van der Waals surface area (Å²) in [4.78, 5) is 2.21. The fraction of sp³-hybridized carbons (Fsp3) is 0.417. The minimum absolute atomic E-state index is 0.297. The van der Waals surface area contributed by atoms with Gasteiger partial charge in [0, 0.05) is 12.6 Å². The SMILES string of the molecule is O=S1(=O)N=CN(CC2CCCN2)c2ccccc21. The zero-order valence-corrected chi connectivity index (χ0v) is 10.7. The summed E-state index contributed by atoms with van der Waals surface area (Å²) in [6, 6.07) is 7.42. The molecule has 0 amide bonds. The van der Waals surface area contributed by atoms with Crippen LogP contribution >= 0.6 is 0 Å². The Morgan fingerprint density at radius 3 is 3.00 bits per heavy atom. The van der Waals surface area contributed by atoms with Crippen LogP contribution in [-0.2, 0) is 10.0 Å². The molecule has 5 nitrogen and oxygen atoms in total. The number of hydrogen-bond donors (Lipinski definition) is 1. The van der Waals surface area contributed by atoms with Crippen molar-refractivity contribution in [1.82, 2.24) is 5.32 Å². The summed E-state index contributed by atoms with van der Waals surface area (Å²) in [5.41, 5.74) is 0.723. The highest BCUT2D eigenvalue weighted by atomic mass is 32.2. The molecular formula is C12H15N3O2S. The normalized spacial score (nSPS) is 25.1. The lowest BCUT2D eigenvalue weighted by Gasteiger charge is -2.27. The van der Waals surface area contributed by atoms with Gasteiger partial charge in [-0.3, -0.25) is 0 Å². The first-order valence-corrected chi connectivity index (χ1v) is 7.50. The number of hydrogen-bond acceptors (Lipinski definition) is 4. The van der Waals surface area contributed by atoms with Crippen molar-refractivity contribution >= 4 is 22.0 Å². The molecule has 0 bridgehead atoms. The highest BCUT2D eigenvalue weighted by Crippen LogP contribution is 2.29. The molecule has 96 valence electrons. The van der Waals surface area contributed by atoms with Crippen LogP contribution in [-0.4, -0.2) is 33.9 Å². The average Bonchev–Trinajstić information content (AvgIpc) is 2.86. The predicted octanol–water partition coefficient (Wildman–Crippen LogP) is 0.976. The number of anilines is 1. The van der Waals surface area contributed by atoms with Crippen LogP contribution in [0.5, 0.6) is 0 Å². The molecule has 1 aromatic carbocycles. The van der Waals surface area contributed by atoms with Gasteiger partial charge in [0.2, 0.25) is 0 Å². The maximum Gasteiger partial charge on any atom is 0.285 e. The first kappa shape index (κ1) is 11.7. The third-order valence-corrected chi connectivity index (χ3v) is 4.63. The Kier molecular flexibility index (Phi) is 2.83. The van der Waals surface area contributed by atoms with Crippen molar-refractivity contribution in [2.75, 3.05) is 18.0 Å². The minimum Gasteiger partial charge on any atom is -0.329 e. The Morgan fingerprint density at radius 2 is 2.22 bits per heavy atom. The molecule has 2 heterocycles. The van der Waals surface area contributed by atoms with E-state index in [1.165, 1.54) is 12.8 Å². The standard InChI is InChI=1S/C12H15N3O2S/c16-18(17)12-6-2-1-5-11(12)15(9-14-18)8-10-4-3-7-13-10/h1-2,5-6,9-10,13H,3-4,7-8H2. The summed E-state index contributed by atoms with van der Waals surface area (Å²) in [7, 11) is -3.50. The number of rotatable bonds is 2. The van der Waals surface area contributed by atoms with Gasteiger partial charge in [-0.2, -0.15) is 8.42 Å². The Balaban J connectivity index is 1.93. The molecule has 0 radical (unpaired) electrons. The zero-order valence-electron chi connectivity index (χ0n) is 9.91. The van der Waals surface area contributed by atoms with E-state index in [2.05, 4.69) is 9.71 Å². The van der Waals surface area contributed by atoms with E-state index in [0.717, 1.165) is 25.2 Å². The van der Waals surface area contributed by atoms with Gasteiger partial charge >= 0.3 is 0 Å². The summed E-state index contributed by atoms with van der Waals surface area (Å²) in [5, 5.41) is 3.40. The highest BCUT2D eigenvalue weighted by Gasteiger charge is 2.26. The lowest BCUT2D eigenvalue weighted by molar-refractivity contribution is 0.592. The van der Waals surface area contributed by atoms with Gasteiger partial charge in [-0.15, -0.1) is 4.40 Å². The number of sulfonamides is 1. The fourth-order valence-electron chi connectivity index (χ4n) is 2.45. The summed E-state index contributed by atoms with van der Waals surface area (Å²) in [5.74, 6) is 0. The Labute approximate surface area is 107 Å². The van der Waals surface area contributed by atoms with E-state index in [4.69, 9.17) is 0 Å². The van der Waals surface area contributed by atoms with Crippen LogP contribution in [0.15, 0.2) is 33.6 Å². The van der Waals surface area contributed by atoms with Crippen molar-refractivity contribution < 1.29 is 8.42 Å². The minimum atomic E-state index is -3.50. The topological polar surface area (TPSA) is 61.8 Å². The second kappa shape index (κ2) is 4.37. The molecule has 1 fully saturated rings. The number of benzene rings is 1. The van der Waals surface area contributed by atoms with Gasteiger partial charge in [-0.25, -0.2) is 0 Å². The van der Waals surface area contributed by atoms with Crippen LogP contribution < -0.4 is 10.2 Å². The molecule has 1 saturated heterocycles. The molecule has 0 saturated carbocycles. The van der Waals surface area contributed by atoms with E-state index in [1.807, 2.05) is 17.0 Å². The van der Waals surface area contributed by atoms with Crippen molar-refractivity contribution in [3.63, 3.8) is 0 Å². The van der Waals surface area contributed by atoms with Crippen molar-refractivity contribution in [1.29, 1.82) is 0 Å². The zero-order chi connectivity index (χ0) is 12.6. The van der Waals surface area contributed by atoms with Crippen molar-refractivity contribution in [3.05, 3.63) is 24.3 Å². The molecule has 1 unspecified atom stereocenters. The molecule has 0 spiro atoms. The Morgan fingerprint density at radius 1 is 1.39 bits per heavy atom. The molecule has 1 aromatic rings. The maximum atomic E-state index is 11.8. The van der Waals surface area contributed by atoms with Crippen LogP contribution in [0, 0.1) is 0 Å². The molecule has 1 atom stereocenters. The van der Waals surface area contributed by atoms with Gasteiger partial charge in [-0.1, -0.05) is 12.1 Å². The van der Waals surface area contributed by atoms with Crippen LogP contribution in [0.25, 0.3) is 0 Å². The third-order valence-electron chi connectivity index (χ3n) is 3.36. The quantitative estimate of drug-likeness (QED) is 0.865. The number of nitrogens with zero attached hydrogens (tertiary/aromatic N) is 2. The molecular weight excluding hydrogens is 250 g/mol. The van der Waals surface area contributed by atoms with Gasteiger partial charge in [-0.05, 0) is 31.5 Å². The predicted molar refractivity (Wildman–Crippen MR) is 70.5 cm³/mol. The van der Waals surface area contributed by atoms with Gasteiger partial charge in [0.15, 0.2) is 0 Å². The second-order valence-corrected chi connectivity index (χ2v) is 6.21. The van der Waals surface area contributed by atoms with Crippen LogP contribution in [0.2, 0.25) is 0 Å². The summed E-state index contributed by atoms with van der Waals surface area (Å²) < 4.78 is 27.3. The molecule has 3 rings (SSSR count). The number of para-hydroxylation sites is 1. The molecule has 2 aliphatic heterocycles. The molecule has 1 N–H and O–H groups in total. The van der Waals surface area contributed by atoms with Gasteiger partial charge in [0.25, 0.3) is 10.0 Å². The summed E-state index contributed by atoms with van der Waals surface area (Å²) >= 11 is 0. The van der Waals surface area contributed by atoms with E-state index in [-0.39, 0.29) is 0 Å². The Hall–Kier alpha value is -1.40. The molecule has 0 aliphatic carbocycles. The monoisotopic (exact) mass is 265 g/mol. The third kappa shape index (κ3) is 2.02. The second-order valence-electron chi connectivity index (χ2n) is 4.61. The van der Waals surface area contributed by atoms with Gasteiger partial charge < -0.3 is 10.2 Å². The first-order valence-electron chi connectivity index (χ1n) is 6.06. The molecule has 6 heteroatoms. The smallest absolute Gasteiger partial charge is 0.285 e. The van der Waals surface area contributed by atoms with E-state index in [9.17, 15) is 8.42 Å². The van der Waals surface area contributed by atoms with E-state index in [1.54, 1.807) is 12.1 Å². The maximum absolute atomic E-state index is 11.8. The van der Waals surface area contributed by atoms with Crippen molar-refractivity contribution in [3.8, 4) is 0 Å². The lowest BCUT2D eigenvalue weighted by atomic mass is 10.2. The molecule has 18 heavy (non-hydrogen) atoms. The fourth-order valence-corrected chi connectivity index (χ4v) is 3.50. The highest BCUT2D eigenvalue weighted by molar-refractivity contribution is 7.90. The Bertz CT molecular complexity index is 577.